The zero-order valence-electron chi connectivity index (χ0n) is 17.7. The van der Waals surface area contributed by atoms with Crippen LogP contribution in [0.4, 0.5) is 10.1 Å². The second-order valence-corrected chi connectivity index (χ2v) is 10.7. The van der Waals surface area contributed by atoms with Gasteiger partial charge in [-0.1, -0.05) is 30.0 Å². The summed E-state index contributed by atoms with van der Waals surface area (Å²) < 4.78 is 15.9. The molecule has 0 saturated heterocycles. The summed E-state index contributed by atoms with van der Waals surface area (Å²) in [6.07, 6.45) is 11.1. The zero-order chi connectivity index (χ0) is 21.4. The molecule has 164 valence electrons. The molecule has 0 spiro atoms. The van der Waals surface area contributed by atoms with Crippen LogP contribution in [-0.4, -0.2) is 26.4 Å². The average Bonchev–Trinajstić information content (AvgIpc) is 3.08. The number of amides is 1. The Morgan fingerprint density at radius 2 is 1.87 bits per heavy atom. The van der Waals surface area contributed by atoms with Crippen molar-refractivity contribution < 1.29 is 9.18 Å². The van der Waals surface area contributed by atoms with E-state index in [-0.39, 0.29) is 17.3 Å². The Morgan fingerprint density at radius 3 is 2.52 bits per heavy atom. The summed E-state index contributed by atoms with van der Waals surface area (Å²) in [5.41, 5.74) is 0.577. The molecule has 0 atom stereocenters. The third kappa shape index (κ3) is 4.29. The van der Waals surface area contributed by atoms with Crippen molar-refractivity contribution in [3.05, 3.63) is 48.6 Å². The fourth-order valence-electron chi connectivity index (χ4n) is 6.59. The van der Waals surface area contributed by atoms with Gasteiger partial charge in [0.2, 0.25) is 5.91 Å². The average molecular weight is 441 g/mol. The maximum atomic E-state index is 13.8. The maximum absolute atomic E-state index is 13.8. The van der Waals surface area contributed by atoms with Crippen molar-refractivity contribution in [3.63, 3.8) is 0 Å². The van der Waals surface area contributed by atoms with Crippen LogP contribution in [0.5, 0.6) is 0 Å². The van der Waals surface area contributed by atoms with Crippen molar-refractivity contribution in [2.75, 3.05) is 11.1 Å². The molecule has 6 rings (SSSR count). The van der Waals surface area contributed by atoms with Gasteiger partial charge in [-0.05, 0) is 73.8 Å². The Hall–Kier alpha value is -2.15. The summed E-state index contributed by atoms with van der Waals surface area (Å²) in [5, 5.41) is 12.3. The van der Waals surface area contributed by atoms with Crippen molar-refractivity contribution in [1.82, 2.24) is 14.8 Å². The molecular formula is C24H29FN4OS. The molecule has 2 aromatic rings. The van der Waals surface area contributed by atoms with Crippen LogP contribution in [0.1, 0.15) is 44.3 Å². The summed E-state index contributed by atoms with van der Waals surface area (Å²) in [6, 6.07) is 6.19. The molecule has 4 saturated carbocycles. The van der Waals surface area contributed by atoms with Crippen LogP contribution in [0.2, 0.25) is 0 Å². The summed E-state index contributed by atoms with van der Waals surface area (Å²) >= 11 is 1.34. The third-order valence-electron chi connectivity index (χ3n) is 7.28. The number of carbonyl (C=O) groups excluding carboxylic acids is 1. The Morgan fingerprint density at radius 1 is 1.19 bits per heavy atom. The first-order chi connectivity index (χ1) is 15.0. The van der Waals surface area contributed by atoms with Gasteiger partial charge in [0.25, 0.3) is 0 Å². The highest BCUT2D eigenvalue weighted by Gasteiger charge is 2.51. The van der Waals surface area contributed by atoms with Gasteiger partial charge in [-0.15, -0.1) is 16.8 Å². The molecule has 1 aromatic carbocycles. The van der Waals surface area contributed by atoms with Gasteiger partial charge in [-0.2, -0.15) is 0 Å². The first-order valence-electron chi connectivity index (χ1n) is 11.2. The molecular weight excluding hydrogens is 411 g/mol. The first-order valence-corrected chi connectivity index (χ1v) is 12.2. The number of halogens is 1. The molecule has 31 heavy (non-hydrogen) atoms. The van der Waals surface area contributed by atoms with Crippen LogP contribution in [0.25, 0.3) is 0 Å². The third-order valence-corrected chi connectivity index (χ3v) is 8.25. The van der Waals surface area contributed by atoms with Gasteiger partial charge in [0.05, 0.1) is 11.4 Å². The lowest BCUT2D eigenvalue weighted by Crippen LogP contribution is -2.47. The summed E-state index contributed by atoms with van der Waals surface area (Å²) in [6.45, 7) is 4.53. The number of nitrogens with one attached hydrogen (secondary N) is 1. The number of allylic oxidation sites excluding steroid dienone is 1. The van der Waals surface area contributed by atoms with E-state index in [0.29, 0.717) is 12.0 Å². The standard InChI is InChI=1S/C24H29FN4OS/c1-2-7-29-21(14-24-11-16-8-17(12-24)10-18(9-16)13-24)27-28-23(29)31-15-22(30)26-20-6-4-3-5-19(20)25/h2-6,16-18H,1,7-15H2,(H,26,30). The van der Waals surface area contributed by atoms with E-state index in [4.69, 9.17) is 0 Å². The van der Waals surface area contributed by atoms with Gasteiger partial charge in [0, 0.05) is 13.0 Å². The molecule has 4 aliphatic carbocycles. The number of thioether (sulfide) groups is 1. The zero-order valence-corrected chi connectivity index (χ0v) is 18.5. The maximum Gasteiger partial charge on any atom is 0.234 e. The van der Waals surface area contributed by atoms with Crippen molar-refractivity contribution in [3.8, 4) is 0 Å². The van der Waals surface area contributed by atoms with E-state index in [1.54, 1.807) is 18.2 Å². The van der Waals surface area contributed by atoms with E-state index in [0.717, 1.165) is 35.2 Å². The van der Waals surface area contributed by atoms with E-state index in [9.17, 15) is 9.18 Å². The number of para-hydroxylation sites is 1. The Kier molecular flexibility index (Phi) is 5.63. The number of nitrogens with zero attached hydrogens (tertiary/aromatic N) is 3. The molecule has 1 aromatic heterocycles. The van der Waals surface area contributed by atoms with Gasteiger partial charge in [0.15, 0.2) is 5.16 Å². The second kappa shape index (κ2) is 8.41. The van der Waals surface area contributed by atoms with Gasteiger partial charge in [0.1, 0.15) is 11.6 Å². The van der Waals surface area contributed by atoms with Gasteiger partial charge in [-0.3, -0.25) is 4.79 Å². The molecule has 0 unspecified atom stereocenters. The molecule has 1 N–H and O–H groups in total. The highest BCUT2D eigenvalue weighted by Crippen LogP contribution is 2.61. The Balaban J connectivity index is 1.27. The number of carbonyl (C=O) groups is 1. The molecule has 4 aliphatic rings. The quantitative estimate of drug-likeness (QED) is 0.459. The van der Waals surface area contributed by atoms with Crippen molar-refractivity contribution >= 4 is 23.4 Å². The van der Waals surface area contributed by atoms with Crippen molar-refractivity contribution in [1.29, 1.82) is 0 Å². The molecule has 4 fully saturated rings. The molecule has 0 aliphatic heterocycles. The van der Waals surface area contributed by atoms with E-state index in [1.807, 2.05) is 6.08 Å². The molecule has 1 heterocycles. The molecule has 5 nitrogen and oxygen atoms in total. The van der Waals surface area contributed by atoms with Gasteiger partial charge >= 0.3 is 0 Å². The summed E-state index contributed by atoms with van der Waals surface area (Å²) in [4.78, 5) is 12.3. The van der Waals surface area contributed by atoms with E-state index >= 15 is 0 Å². The minimum absolute atomic E-state index is 0.154. The normalized spacial score (nSPS) is 28.6. The van der Waals surface area contributed by atoms with Gasteiger partial charge < -0.3 is 9.88 Å². The predicted molar refractivity (Wildman–Crippen MR) is 120 cm³/mol. The number of anilines is 1. The second-order valence-electron chi connectivity index (χ2n) is 9.71. The molecule has 4 bridgehead atoms. The number of benzene rings is 1. The fraction of sp³-hybridized carbons (Fsp3) is 0.542. The van der Waals surface area contributed by atoms with Crippen molar-refractivity contribution in [2.45, 2.75) is 56.6 Å². The largest absolute Gasteiger partial charge is 0.323 e. The van der Waals surface area contributed by atoms with Crippen molar-refractivity contribution in [2.24, 2.45) is 23.2 Å². The minimum atomic E-state index is -0.437. The number of aromatic nitrogens is 3. The van der Waals surface area contributed by atoms with Crippen LogP contribution in [-0.2, 0) is 17.8 Å². The Labute approximate surface area is 186 Å². The van der Waals surface area contributed by atoms with Crippen LogP contribution in [0.3, 0.4) is 0 Å². The van der Waals surface area contributed by atoms with Crippen LogP contribution in [0, 0.1) is 29.0 Å². The lowest BCUT2D eigenvalue weighted by atomic mass is 9.49. The Bertz CT molecular complexity index is 952. The number of hydrogen-bond donors (Lipinski definition) is 1. The fourth-order valence-corrected chi connectivity index (χ4v) is 7.36. The smallest absolute Gasteiger partial charge is 0.234 e. The highest BCUT2D eigenvalue weighted by atomic mass is 32.2. The summed E-state index contributed by atoms with van der Waals surface area (Å²) in [5.74, 6) is 3.17. The van der Waals surface area contributed by atoms with Gasteiger partial charge in [-0.25, -0.2) is 4.39 Å². The lowest BCUT2D eigenvalue weighted by Gasteiger charge is -2.56. The molecule has 0 radical (unpaired) electrons. The van der Waals surface area contributed by atoms with E-state index < -0.39 is 5.82 Å². The minimum Gasteiger partial charge on any atom is -0.323 e. The number of hydrogen-bond acceptors (Lipinski definition) is 4. The summed E-state index contributed by atoms with van der Waals surface area (Å²) in [7, 11) is 0. The monoisotopic (exact) mass is 440 g/mol. The predicted octanol–water partition coefficient (Wildman–Crippen LogP) is 5.09. The van der Waals surface area contributed by atoms with E-state index in [1.165, 1.54) is 56.4 Å². The SMILES string of the molecule is C=CCn1c(CC23CC4CC(CC(C4)C2)C3)nnc1SCC(=O)Nc1ccccc1F. The first kappa shape index (κ1) is 20.7. The molecule has 7 heteroatoms. The number of rotatable bonds is 8. The molecule has 1 amide bonds. The van der Waals surface area contributed by atoms with Crippen LogP contribution >= 0.6 is 11.8 Å². The van der Waals surface area contributed by atoms with Crippen LogP contribution in [0.15, 0.2) is 42.1 Å². The highest BCUT2D eigenvalue weighted by molar-refractivity contribution is 7.99. The lowest BCUT2D eigenvalue weighted by molar-refractivity contribution is -0.113. The van der Waals surface area contributed by atoms with Crippen LogP contribution < -0.4 is 5.32 Å². The van der Waals surface area contributed by atoms with E-state index in [2.05, 4.69) is 26.7 Å². The topological polar surface area (TPSA) is 59.8 Å².